The smallest absolute Gasteiger partial charge is 0.314 e. The third-order valence-corrected chi connectivity index (χ3v) is 4.86. The number of aliphatic hydroxyl groups is 2. The first-order valence-electron chi connectivity index (χ1n) is 8.25. The summed E-state index contributed by atoms with van der Waals surface area (Å²) in [6.45, 7) is 8.26. The van der Waals surface area contributed by atoms with Gasteiger partial charge in [-0.25, -0.2) is 0 Å². The van der Waals surface area contributed by atoms with Crippen LogP contribution in [0.25, 0.3) is 0 Å². The summed E-state index contributed by atoms with van der Waals surface area (Å²) in [6.07, 6.45) is 2.30. The van der Waals surface area contributed by atoms with Gasteiger partial charge in [-0.2, -0.15) is 0 Å². The van der Waals surface area contributed by atoms with Crippen LogP contribution in [0.3, 0.4) is 0 Å². The quantitative estimate of drug-likeness (QED) is 0.596. The molecule has 2 heterocycles. The first-order chi connectivity index (χ1) is 10.3. The van der Waals surface area contributed by atoms with Crippen LogP contribution in [0.4, 0.5) is 0 Å². The number of allylic oxidation sites excluding steroid dienone is 1. The molecule has 0 aliphatic carbocycles. The molecule has 0 spiro atoms. The van der Waals surface area contributed by atoms with Crippen LogP contribution >= 0.6 is 0 Å². The highest BCUT2D eigenvalue weighted by molar-refractivity contribution is 5.76. The number of carbonyl (C=O) groups excluding carboxylic acids is 1. The second kappa shape index (κ2) is 7.11. The van der Waals surface area contributed by atoms with Crippen LogP contribution in [0.15, 0.2) is 12.2 Å². The van der Waals surface area contributed by atoms with Gasteiger partial charge in [0.25, 0.3) is 0 Å². The molecule has 8 atom stereocenters. The molecule has 5 nitrogen and oxygen atoms in total. The van der Waals surface area contributed by atoms with Gasteiger partial charge in [0, 0.05) is 0 Å². The second-order valence-electron chi connectivity index (χ2n) is 6.83. The highest BCUT2D eigenvalue weighted by Crippen LogP contribution is 2.35. The summed E-state index contributed by atoms with van der Waals surface area (Å²) in [5.41, 5.74) is 0. The fourth-order valence-corrected chi connectivity index (χ4v) is 3.29. The third-order valence-electron chi connectivity index (χ3n) is 4.86. The lowest BCUT2D eigenvalue weighted by molar-refractivity contribution is -0.180. The van der Waals surface area contributed by atoms with Crippen molar-refractivity contribution in [2.24, 2.45) is 17.8 Å². The predicted octanol–water partition coefficient (Wildman–Crippen LogP) is 1.67. The normalized spacial score (nSPS) is 41.3. The van der Waals surface area contributed by atoms with Crippen molar-refractivity contribution in [2.45, 2.75) is 71.1 Å². The number of cyclic esters (lactones) is 1. The Morgan fingerprint density at radius 3 is 2.59 bits per heavy atom. The van der Waals surface area contributed by atoms with Gasteiger partial charge in [-0.15, -0.1) is 0 Å². The van der Waals surface area contributed by atoms with Crippen LogP contribution in [0.2, 0.25) is 0 Å². The third kappa shape index (κ3) is 3.53. The van der Waals surface area contributed by atoms with Gasteiger partial charge in [0.2, 0.25) is 0 Å². The molecule has 8 unspecified atom stereocenters. The molecule has 0 amide bonds. The van der Waals surface area contributed by atoms with E-state index in [4.69, 9.17) is 9.47 Å². The van der Waals surface area contributed by atoms with Gasteiger partial charge in [-0.1, -0.05) is 39.3 Å². The molecule has 126 valence electrons. The number of esters is 1. The van der Waals surface area contributed by atoms with Gasteiger partial charge in [0.1, 0.15) is 30.3 Å². The number of rotatable bonds is 5. The molecule has 0 saturated carbocycles. The van der Waals surface area contributed by atoms with Gasteiger partial charge in [-0.3, -0.25) is 4.79 Å². The Morgan fingerprint density at radius 2 is 1.95 bits per heavy atom. The Hall–Kier alpha value is -0.910. The van der Waals surface area contributed by atoms with Crippen molar-refractivity contribution < 1.29 is 24.5 Å². The lowest BCUT2D eigenvalue weighted by atomic mass is 9.86. The van der Waals surface area contributed by atoms with Crippen molar-refractivity contribution in [2.75, 3.05) is 0 Å². The maximum atomic E-state index is 11.7. The standard InChI is InChI=1S/C17H28O5/c1-5-9(2)8-10(3)6-7-12-14(18)15(19)13-16(22-12)11(4)21-17(13)20/h6-7,9-16,18-19H,5,8H2,1-4H3. The molecule has 22 heavy (non-hydrogen) atoms. The Kier molecular flexibility index (Phi) is 5.64. The fraction of sp³-hybridized carbons (Fsp3) is 0.824. The molecule has 5 heteroatoms. The van der Waals surface area contributed by atoms with Crippen LogP contribution in [0.1, 0.15) is 40.5 Å². The van der Waals surface area contributed by atoms with Gasteiger partial charge >= 0.3 is 5.97 Å². The van der Waals surface area contributed by atoms with Gasteiger partial charge < -0.3 is 19.7 Å². The first kappa shape index (κ1) is 17.4. The minimum absolute atomic E-state index is 0.375. The van der Waals surface area contributed by atoms with E-state index in [1.54, 1.807) is 6.92 Å². The zero-order valence-electron chi connectivity index (χ0n) is 13.8. The van der Waals surface area contributed by atoms with Crippen molar-refractivity contribution in [3.05, 3.63) is 12.2 Å². The molecule has 0 aromatic heterocycles. The molecule has 2 aliphatic heterocycles. The Balaban J connectivity index is 2.01. The van der Waals surface area contributed by atoms with E-state index in [0.717, 1.165) is 12.8 Å². The summed E-state index contributed by atoms with van der Waals surface area (Å²) in [5, 5.41) is 20.4. The highest BCUT2D eigenvalue weighted by atomic mass is 16.6. The summed E-state index contributed by atoms with van der Waals surface area (Å²) in [4.78, 5) is 11.7. The molecular weight excluding hydrogens is 284 g/mol. The Morgan fingerprint density at radius 1 is 1.27 bits per heavy atom. The molecule has 2 aliphatic rings. The number of aliphatic hydroxyl groups excluding tert-OH is 2. The highest BCUT2D eigenvalue weighted by Gasteiger charge is 2.54. The average Bonchev–Trinajstić information content (AvgIpc) is 2.75. The van der Waals surface area contributed by atoms with E-state index in [0.29, 0.717) is 11.8 Å². The number of fused-ring (bicyclic) bond motifs is 1. The van der Waals surface area contributed by atoms with Crippen LogP contribution in [0.5, 0.6) is 0 Å². The average molecular weight is 312 g/mol. The van der Waals surface area contributed by atoms with Gasteiger partial charge in [0.15, 0.2) is 0 Å². The van der Waals surface area contributed by atoms with Crippen LogP contribution in [0, 0.1) is 17.8 Å². The van der Waals surface area contributed by atoms with Gasteiger partial charge in [0.05, 0.1) is 6.10 Å². The first-order valence-corrected chi connectivity index (χ1v) is 8.25. The number of hydrogen-bond acceptors (Lipinski definition) is 5. The van der Waals surface area contributed by atoms with E-state index in [1.807, 2.05) is 12.2 Å². The molecule has 2 rings (SSSR count). The summed E-state index contributed by atoms with van der Waals surface area (Å²) in [6, 6.07) is 0. The van der Waals surface area contributed by atoms with Crippen molar-refractivity contribution in [1.29, 1.82) is 0 Å². The van der Waals surface area contributed by atoms with E-state index < -0.39 is 42.4 Å². The lowest BCUT2D eigenvalue weighted by Gasteiger charge is -2.37. The SMILES string of the molecule is CCC(C)CC(C)C=CC1OC2C(C)OC(=O)C2C(O)C1O. The zero-order valence-corrected chi connectivity index (χ0v) is 13.8. The van der Waals surface area contributed by atoms with Crippen molar-refractivity contribution in [3.8, 4) is 0 Å². The van der Waals surface area contributed by atoms with Crippen LogP contribution in [-0.4, -0.2) is 46.7 Å². The molecule has 0 bridgehead atoms. The summed E-state index contributed by atoms with van der Waals surface area (Å²) < 4.78 is 10.9. The van der Waals surface area contributed by atoms with E-state index >= 15 is 0 Å². The Bertz CT molecular complexity index is 421. The van der Waals surface area contributed by atoms with Crippen molar-refractivity contribution in [3.63, 3.8) is 0 Å². The number of carbonyl (C=O) groups is 1. The molecular formula is C17H28O5. The van der Waals surface area contributed by atoms with Crippen molar-refractivity contribution >= 4 is 5.97 Å². The van der Waals surface area contributed by atoms with E-state index in [9.17, 15) is 15.0 Å². The molecule has 0 aromatic rings. The largest absolute Gasteiger partial charge is 0.460 e. The number of hydrogen-bond donors (Lipinski definition) is 2. The van der Waals surface area contributed by atoms with Crippen molar-refractivity contribution in [1.82, 2.24) is 0 Å². The minimum Gasteiger partial charge on any atom is -0.460 e. The van der Waals surface area contributed by atoms with Gasteiger partial charge in [-0.05, 0) is 25.2 Å². The monoisotopic (exact) mass is 312 g/mol. The maximum absolute atomic E-state index is 11.7. The predicted molar refractivity (Wildman–Crippen MR) is 82.1 cm³/mol. The molecule has 0 radical (unpaired) electrons. The van der Waals surface area contributed by atoms with Crippen LogP contribution in [-0.2, 0) is 14.3 Å². The zero-order chi connectivity index (χ0) is 16.4. The van der Waals surface area contributed by atoms with E-state index in [-0.39, 0.29) is 0 Å². The maximum Gasteiger partial charge on any atom is 0.314 e. The van der Waals surface area contributed by atoms with E-state index in [2.05, 4.69) is 20.8 Å². The van der Waals surface area contributed by atoms with Crippen LogP contribution < -0.4 is 0 Å². The Labute approximate surface area is 132 Å². The topological polar surface area (TPSA) is 76.0 Å². The lowest BCUT2D eigenvalue weighted by Crippen LogP contribution is -2.55. The molecule has 2 N–H and O–H groups in total. The molecule has 2 fully saturated rings. The molecule has 0 aromatic carbocycles. The number of ether oxygens (including phenoxy) is 2. The second-order valence-corrected chi connectivity index (χ2v) is 6.83. The summed E-state index contributed by atoms with van der Waals surface area (Å²) in [7, 11) is 0. The summed E-state index contributed by atoms with van der Waals surface area (Å²) in [5.74, 6) is -0.254. The minimum atomic E-state index is -1.14. The van der Waals surface area contributed by atoms with E-state index in [1.165, 1.54) is 0 Å². The fourth-order valence-electron chi connectivity index (χ4n) is 3.29. The summed E-state index contributed by atoms with van der Waals surface area (Å²) >= 11 is 0. The molecule has 2 saturated heterocycles.